The first-order valence-corrected chi connectivity index (χ1v) is 40.5. The molecule has 9 nitrogen and oxygen atoms in total. The van der Waals surface area contributed by atoms with Crippen LogP contribution >= 0.6 is 0 Å². The first kappa shape index (κ1) is 88.8. The zero-order valence-corrected chi connectivity index (χ0v) is 61.8. The Labute approximate surface area is 567 Å². The number of aliphatic carboxylic acids is 1. The van der Waals surface area contributed by atoms with Crippen LogP contribution in [0.4, 0.5) is 0 Å². The van der Waals surface area contributed by atoms with Gasteiger partial charge in [-0.3, -0.25) is 9.59 Å². The zero-order valence-electron chi connectivity index (χ0n) is 61.8. The Bertz CT molecular complexity index is 1540. The smallest absolute Gasteiger partial charge is 0.361 e. The second-order valence-electron chi connectivity index (χ2n) is 29.1. The maximum atomic E-state index is 13.0. The van der Waals surface area contributed by atoms with Gasteiger partial charge in [0.25, 0.3) is 6.29 Å². The third-order valence-corrected chi connectivity index (χ3v) is 18.7. The lowest BCUT2D eigenvalue weighted by Gasteiger charge is -2.25. The number of likely N-dealkylation sites (N-methyl/N-ethyl adjacent to an activating group) is 1. The average molecular weight is 1290 g/mol. The van der Waals surface area contributed by atoms with Crippen LogP contribution in [0, 0.1) is 0 Å². The van der Waals surface area contributed by atoms with Crippen LogP contribution in [0.3, 0.4) is 0 Å². The number of hydrogen-bond donors (Lipinski definition) is 1. The molecule has 538 valence electrons. The van der Waals surface area contributed by atoms with Crippen LogP contribution in [-0.2, 0) is 33.3 Å². The van der Waals surface area contributed by atoms with E-state index >= 15 is 0 Å². The van der Waals surface area contributed by atoms with E-state index in [0.29, 0.717) is 17.4 Å². The summed E-state index contributed by atoms with van der Waals surface area (Å²) >= 11 is 0. The van der Waals surface area contributed by atoms with Crippen LogP contribution in [-0.4, -0.2) is 87.4 Å². The molecule has 0 aliphatic rings. The topological polar surface area (TPSA) is 108 Å². The summed E-state index contributed by atoms with van der Waals surface area (Å²) in [7, 11) is 6.00. The van der Waals surface area contributed by atoms with Gasteiger partial charge >= 0.3 is 17.9 Å². The molecule has 0 aliphatic carbocycles. The van der Waals surface area contributed by atoms with Crippen molar-refractivity contribution < 1.29 is 42.9 Å². The number of carboxylic acid groups (broad SMARTS) is 1. The molecular formula is C82H158NO8+. The van der Waals surface area contributed by atoms with Crippen molar-refractivity contribution in [2.45, 2.75) is 437 Å². The van der Waals surface area contributed by atoms with Crippen LogP contribution in [0.25, 0.3) is 0 Å². The molecule has 0 amide bonds. The summed E-state index contributed by atoms with van der Waals surface area (Å²) in [6, 6.07) is 0. The van der Waals surface area contributed by atoms with E-state index in [0.717, 1.165) is 38.5 Å². The van der Waals surface area contributed by atoms with Gasteiger partial charge in [0, 0.05) is 12.8 Å². The Morgan fingerprint density at radius 3 is 0.813 bits per heavy atom. The number of carbonyl (C=O) groups is 3. The summed E-state index contributed by atoms with van der Waals surface area (Å²) in [6.07, 6.45) is 90.6. The molecule has 0 fully saturated rings. The Morgan fingerprint density at radius 2 is 0.560 bits per heavy atom. The van der Waals surface area contributed by atoms with Crippen molar-refractivity contribution in [2.75, 3.05) is 47.5 Å². The minimum absolute atomic E-state index is 0.174. The van der Waals surface area contributed by atoms with Crippen LogP contribution in [0.1, 0.15) is 425 Å². The molecule has 0 aromatic carbocycles. The summed E-state index contributed by atoms with van der Waals surface area (Å²) in [5.41, 5.74) is 0. The lowest BCUT2D eigenvalue weighted by molar-refractivity contribution is -0.870. The van der Waals surface area contributed by atoms with Crippen molar-refractivity contribution in [3.8, 4) is 0 Å². The molecule has 0 radical (unpaired) electrons. The highest BCUT2D eigenvalue weighted by atomic mass is 16.7. The normalized spacial score (nSPS) is 12.7. The SMILES string of the molecule is CCCCCCCCCC/C=C\CCCCCCCCCCCCCCCCCCCCCCCCCC(=O)OC(COC(=O)CCCCCCCCCCCCCCCCCCCCC/C=C\CCCCCCCCCC)COC(OCC[N+](C)(C)C)C(=O)O. The minimum Gasteiger partial charge on any atom is -0.477 e. The first-order chi connectivity index (χ1) is 44.6. The highest BCUT2D eigenvalue weighted by Crippen LogP contribution is 2.20. The number of carbonyl (C=O) groups excluding carboxylic acids is 2. The molecule has 0 bridgehead atoms. The number of carboxylic acids is 1. The number of hydrogen-bond acceptors (Lipinski definition) is 7. The second-order valence-corrected chi connectivity index (χ2v) is 29.1. The highest BCUT2D eigenvalue weighted by Gasteiger charge is 2.25. The lowest BCUT2D eigenvalue weighted by Crippen LogP contribution is -2.40. The number of unbranched alkanes of at least 4 members (excludes halogenated alkanes) is 58. The molecule has 2 unspecified atom stereocenters. The van der Waals surface area contributed by atoms with Crippen molar-refractivity contribution in [1.82, 2.24) is 0 Å². The monoisotopic (exact) mass is 1290 g/mol. The number of quaternary nitrogens is 1. The van der Waals surface area contributed by atoms with E-state index < -0.39 is 18.4 Å². The number of allylic oxidation sites excluding steroid dienone is 4. The summed E-state index contributed by atoms with van der Waals surface area (Å²) in [5, 5.41) is 9.77. The Balaban J connectivity index is 3.96. The molecule has 0 aromatic rings. The second kappa shape index (κ2) is 73.6. The summed E-state index contributed by atoms with van der Waals surface area (Å²) in [4.78, 5) is 37.7. The largest absolute Gasteiger partial charge is 0.477 e. The lowest BCUT2D eigenvalue weighted by atomic mass is 10.0. The maximum Gasteiger partial charge on any atom is 0.361 e. The maximum absolute atomic E-state index is 13.0. The van der Waals surface area contributed by atoms with Crippen molar-refractivity contribution in [2.24, 2.45) is 0 Å². The van der Waals surface area contributed by atoms with Crippen LogP contribution in [0.5, 0.6) is 0 Å². The minimum atomic E-state index is -1.51. The summed E-state index contributed by atoms with van der Waals surface area (Å²) in [6.45, 7) is 4.96. The van der Waals surface area contributed by atoms with E-state index in [1.807, 2.05) is 21.1 Å². The number of ether oxygens (including phenoxy) is 4. The van der Waals surface area contributed by atoms with Crippen molar-refractivity contribution in [3.05, 3.63) is 24.3 Å². The summed E-state index contributed by atoms with van der Waals surface area (Å²) < 4.78 is 23.1. The average Bonchev–Trinajstić information content (AvgIpc) is 3.46. The number of esters is 2. The molecule has 0 saturated heterocycles. The summed E-state index contributed by atoms with van der Waals surface area (Å²) in [5.74, 6) is -1.97. The van der Waals surface area contributed by atoms with Crippen molar-refractivity contribution in [3.63, 3.8) is 0 Å². The Morgan fingerprint density at radius 1 is 0.319 bits per heavy atom. The molecule has 0 heterocycles. The van der Waals surface area contributed by atoms with Crippen LogP contribution in [0.15, 0.2) is 24.3 Å². The number of rotatable bonds is 77. The van der Waals surface area contributed by atoms with E-state index in [1.165, 1.54) is 360 Å². The van der Waals surface area contributed by atoms with E-state index in [9.17, 15) is 19.5 Å². The van der Waals surface area contributed by atoms with E-state index in [-0.39, 0.29) is 38.2 Å². The van der Waals surface area contributed by atoms with Crippen LogP contribution in [0.2, 0.25) is 0 Å². The van der Waals surface area contributed by atoms with E-state index in [2.05, 4.69) is 38.2 Å². The fourth-order valence-corrected chi connectivity index (χ4v) is 12.5. The van der Waals surface area contributed by atoms with Gasteiger partial charge < -0.3 is 28.5 Å². The van der Waals surface area contributed by atoms with Crippen molar-refractivity contribution in [1.29, 1.82) is 0 Å². The van der Waals surface area contributed by atoms with Gasteiger partial charge in [0.1, 0.15) is 13.2 Å². The van der Waals surface area contributed by atoms with Gasteiger partial charge in [-0.1, -0.05) is 372 Å². The van der Waals surface area contributed by atoms with Crippen molar-refractivity contribution >= 4 is 17.9 Å². The fraction of sp³-hybridized carbons (Fsp3) is 0.915. The molecule has 9 heteroatoms. The molecule has 2 atom stereocenters. The van der Waals surface area contributed by atoms with E-state index in [4.69, 9.17) is 18.9 Å². The Hall–Kier alpha value is -2.23. The van der Waals surface area contributed by atoms with Gasteiger partial charge in [-0.2, -0.15) is 0 Å². The van der Waals surface area contributed by atoms with Gasteiger partial charge in [-0.15, -0.1) is 0 Å². The van der Waals surface area contributed by atoms with Gasteiger partial charge in [-0.05, 0) is 64.2 Å². The molecule has 0 saturated carbocycles. The number of nitrogens with zero attached hydrogens (tertiary/aromatic N) is 1. The fourth-order valence-electron chi connectivity index (χ4n) is 12.5. The predicted octanol–water partition coefficient (Wildman–Crippen LogP) is 25.7. The molecule has 0 rings (SSSR count). The van der Waals surface area contributed by atoms with Gasteiger partial charge in [0.15, 0.2) is 6.10 Å². The molecular weight excluding hydrogens is 1130 g/mol. The molecule has 0 aromatic heterocycles. The van der Waals surface area contributed by atoms with E-state index in [1.54, 1.807) is 0 Å². The van der Waals surface area contributed by atoms with Gasteiger partial charge in [0.2, 0.25) is 0 Å². The van der Waals surface area contributed by atoms with Crippen LogP contribution < -0.4 is 0 Å². The first-order valence-electron chi connectivity index (χ1n) is 40.5. The quantitative estimate of drug-likeness (QED) is 0.0211. The highest BCUT2D eigenvalue weighted by molar-refractivity contribution is 5.71. The molecule has 0 aliphatic heterocycles. The third kappa shape index (κ3) is 75.0. The zero-order chi connectivity index (χ0) is 66.1. The molecule has 0 spiro atoms. The van der Waals surface area contributed by atoms with Gasteiger partial charge in [-0.25, -0.2) is 4.79 Å². The predicted molar refractivity (Wildman–Crippen MR) is 392 cm³/mol. The van der Waals surface area contributed by atoms with Gasteiger partial charge in [0.05, 0.1) is 34.4 Å². The standard InChI is InChI=1S/C82H157NO8/c1-6-8-10-12-14-16-18-20-22-24-26-28-30-32-34-36-38-39-40-41-43-45-47-49-51-53-55-57-59-61-63-65-67-69-71-73-80(85)91-78(77-90-82(81(86)87)88-75-74-83(3,4)5)76-89-79(84)72-70-68-66-64-62-60-58-56-54-52-50-48-46-44-42-37-35-33-31-29-27-25-23-21-19-17-15-13-11-9-7-2/h24-27,78,82H,6-23,28-77H2,1-5H3/p+1/b26-24-,27-25-. The molecule has 91 heavy (non-hydrogen) atoms. The third-order valence-electron chi connectivity index (χ3n) is 18.7. The molecule has 1 N–H and O–H groups in total. The Kier molecular flexibility index (Phi) is 71.8.